The molecule has 0 spiro atoms. The summed E-state index contributed by atoms with van der Waals surface area (Å²) in [7, 11) is 0. The van der Waals surface area contributed by atoms with Crippen molar-refractivity contribution >= 4 is 11.8 Å². The molecule has 1 aromatic carbocycles. The van der Waals surface area contributed by atoms with Crippen molar-refractivity contribution in [2.45, 2.75) is 31.6 Å². The van der Waals surface area contributed by atoms with E-state index in [4.69, 9.17) is 0 Å². The van der Waals surface area contributed by atoms with E-state index in [1.165, 1.54) is 15.7 Å². The van der Waals surface area contributed by atoms with Crippen molar-refractivity contribution in [3.05, 3.63) is 63.1 Å². The molecule has 2 atom stereocenters. The number of amides is 2. The molecule has 0 radical (unpaired) electrons. The van der Waals surface area contributed by atoms with Crippen molar-refractivity contribution in [2.24, 2.45) is 0 Å². The van der Waals surface area contributed by atoms with Crippen molar-refractivity contribution in [1.82, 2.24) is 14.8 Å². The van der Waals surface area contributed by atoms with E-state index < -0.39 is 52.4 Å². The van der Waals surface area contributed by atoms with E-state index in [1.807, 2.05) is 0 Å². The first-order valence-electron chi connectivity index (χ1n) is 9.40. The highest BCUT2D eigenvalue weighted by Gasteiger charge is 2.38. The Labute approximate surface area is 168 Å². The average molecular weight is 421 g/mol. The van der Waals surface area contributed by atoms with Crippen LogP contribution in [-0.4, -0.2) is 45.6 Å². The third kappa shape index (κ3) is 3.42. The van der Waals surface area contributed by atoms with Gasteiger partial charge in [0.1, 0.15) is 23.4 Å². The number of fused-ring (bicyclic) bond motifs is 4. The molecule has 158 valence electrons. The molecule has 2 bridgehead atoms. The second-order valence-electron chi connectivity index (χ2n) is 7.43. The van der Waals surface area contributed by atoms with Gasteiger partial charge in [0.2, 0.25) is 5.43 Å². The van der Waals surface area contributed by atoms with E-state index in [0.717, 1.165) is 12.1 Å². The number of aromatic hydroxyl groups is 1. The Morgan fingerprint density at radius 3 is 2.70 bits per heavy atom. The van der Waals surface area contributed by atoms with Gasteiger partial charge < -0.3 is 19.9 Å². The number of aromatic nitrogens is 1. The number of hydrogen-bond acceptors (Lipinski definition) is 4. The molecule has 2 N–H and O–H groups in total. The molecule has 0 aliphatic carbocycles. The molecule has 1 saturated heterocycles. The summed E-state index contributed by atoms with van der Waals surface area (Å²) in [6, 6.07) is 2.47. The lowest BCUT2D eigenvalue weighted by Gasteiger charge is -2.34. The van der Waals surface area contributed by atoms with Gasteiger partial charge in [-0.3, -0.25) is 14.4 Å². The minimum atomic E-state index is -1.21. The minimum Gasteiger partial charge on any atom is -0.503 e. The van der Waals surface area contributed by atoms with Gasteiger partial charge in [0.25, 0.3) is 11.8 Å². The Morgan fingerprint density at radius 2 is 1.97 bits per heavy atom. The molecule has 2 aliphatic heterocycles. The van der Waals surface area contributed by atoms with E-state index in [-0.39, 0.29) is 37.3 Å². The molecule has 2 aromatic rings. The van der Waals surface area contributed by atoms with Gasteiger partial charge in [0, 0.05) is 30.9 Å². The molecule has 1 unspecified atom stereocenters. The molecule has 0 saturated carbocycles. The van der Waals surface area contributed by atoms with E-state index in [2.05, 4.69) is 5.32 Å². The highest BCUT2D eigenvalue weighted by Crippen LogP contribution is 2.32. The summed E-state index contributed by atoms with van der Waals surface area (Å²) in [6.45, 7) is -0.225. The van der Waals surface area contributed by atoms with Gasteiger partial charge in [0.05, 0.1) is 12.6 Å². The zero-order chi connectivity index (χ0) is 21.6. The molecule has 2 amide bonds. The second kappa shape index (κ2) is 7.51. The smallest absolute Gasteiger partial charge is 0.274 e. The minimum absolute atomic E-state index is 0.00982. The fourth-order valence-corrected chi connectivity index (χ4v) is 3.88. The number of hydrogen-bond donors (Lipinski definition) is 2. The third-order valence-corrected chi connectivity index (χ3v) is 5.46. The van der Waals surface area contributed by atoms with Crippen LogP contribution in [0.1, 0.15) is 45.3 Å². The summed E-state index contributed by atoms with van der Waals surface area (Å²) in [5.41, 5.74) is -1.74. The number of halogens is 3. The SMILES string of the molecule is O=C(NCc1ccc(F)cc1F)c1cn2c(c(O)c1=O)C(=O)N1CC(F)CC[C@H]2C1. The maximum absolute atomic E-state index is 13.9. The van der Waals surface area contributed by atoms with Crippen LogP contribution >= 0.6 is 0 Å². The summed E-state index contributed by atoms with van der Waals surface area (Å²) < 4.78 is 42.0. The fourth-order valence-electron chi connectivity index (χ4n) is 3.88. The molecule has 1 fully saturated rings. The lowest BCUT2D eigenvalue weighted by atomic mass is 10.1. The number of carbonyl (C=O) groups is 2. The Bertz CT molecular complexity index is 1100. The van der Waals surface area contributed by atoms with Crippen LogP contribution in [0.15, 0.2) is 29.2 Å². The lowest BCUT2D eigenvalue weighted by Crippen LogP contribution is -2.45. The third-order valence-electron chi connectivity index (χ3n) is 5.46. The summed E-state index contributed by atoms with van der Waals surface area (Å²) in [5.74, 6) is -4.07. The zero-order valence-electron chi connectivity index (χ0n) is 15.7. The number of pyridine rings is 1. The monoisotopic (exact) mass is 421 g/mol. The van der Waals surface area contributed by atoms with Crippen LogP contribution in [-0.2, 0) is 6.54 Å². The number of carbonyl (C=O) groups excluding carboxylic acids is 2. The van der Waals surface area contributed by atoms with Crippen molar-refractivity contribution in [1.29, 1.82) is 0 Å². The normalized spacial score (nSPS) is 20.5. The van der Waals surface area contributed by atoms with E-state index in [0.29, 0.717) is 12.5 Å². The summed E-state index contributed by atoms with van der Waals surface area (Å²) in [5, 5.41) is 12.7. The van der Waals surface area contributed by atoms with Crippen LogP contribution in [0, 0.1) is 11.6 Å². The number of alkyl halides is 1. The van der Waals surface area contributed by atoms with Crippen molar-refractivity contribution in [3.8, 4) is 5.75 Å². The first-order valence-corrected chi connectivity index (χ1v) is 9.40. The Hall–Kier alpha value is -3.30. The molecular weight excluding hydrogens is 403 g/mol. The van der Waals surface area contributed by atoms with Gasteiger partial charge in [0.15, 0.2) is 11.4 Å². The quantitative estimate of drug-likeness (QED) is 0.792. The van der Waals surface area contributed by atoms with Gasteiger partial charge >= 0.3 is 0 Å². The van der Waals surface area contributed by atoms with E-state index >= 15 is 0 Å². The number of nitrogens with one attached hydrogen (secondary N) is 1. The first-order chi connectivity index (χ1) is 14.3. The van der Waals surface area contributed by atoms with Crippen LogP contribution in [0.3, 0.4) is 0 Å². The molecule has 2 aliphatic rings. The van der Waals surface area contributed by atoms with Gasteiger partial charge in [-0.05, 0) is 18.9 Å². The van der Waals surface area contributed by atoms with Gasteiger partial charge in [-0.1, -0.05) is 6.07 Å². The topological polar surface area (TPSA) is 91.6 Å². The Morgan fingerprint density at radius 1 is 1.20 bits per heavy atom. The maximum atomic E-state index is 13.9. The van der Waals surface area contributed by atoms with Crippen LogP contribution in [0.2, 0.25) is 0 Å². The number of nitrogens with zero attached hydrogens (tertiary/aromatic N) is 2. The Kier molecular flexibility index (Phi) is 5.00. The molecule has 4 rings (SSSR count). The molecule has 3 heterocycles. The van der Waals surface area contributed by atoms with Crippen LogP contribution in [0.4, 0.5) is 13.2 Å². The van der Waals surface area contributed by atoms with Crippen LogP contribution < -0.4 is 10.7 Å². The average Bonchev–Trinajstić information content (AvgIpc) is 2.87. The molecule has 10 heteroatoms. The maximum Gasteiger partial charge on any atom is 0.274 e. The van der Waals surface area contributed by atoms with Crippen molar-refractivity contribution < 1.29 is 27.9 Å². The largest absolute Gasteiger partial charge is 0.503 e. The standard InChI is InChI=1S/C20H18F3N3O4/c21-11-2-1-10(15(23)5-11)6-24-19(29)14-9-26-13-4-3-12(22)7-25(8-13)20(30)16(26)18(28)17(14)27/h1-2,5,9,12-13,28H,3-4,6-8H2,(H,24,29)/t12?,13-/m0/s1. The summed E-state index contributed by atoms with van der Waals surface area (Å²) >= 11 is 0. The van der Waals surface area contributed by atoms with E-state index in [1.54, 1.807) is 0 Å². The van der Waals surface area contributed by atoms with E-state index in [9.17, 15) is 32.7 Å². The molecule has 7 nitrogen and oxygen atoms in total. The lowest BCUT2D eigenvalue weighted by molar-refractivity contribution is 0.0646. The van der Waals surface area contributed by atoms with Crippen molar-refractivity contribution in [3.63, 3.8) is 0 Å². The summed E-state index contributed by atoms with van der Waals surface area (Å²) in [6.07, 6.45) is 0.525. The number of rotatable bonds is 3. The predicted octanol–water partition coefficient (Wildman–Crippen LogP) is 1.89. The fraction of sp³-hybridized carbons (Fsp3) is 0.350. The summed E-state index contributed by atoms with van der Waals surface area (Å²) in [4.78, 5) is 39.0. The molecular formula is C20H18F3N3O4. The molecule has 30 heavy (non-hydrogen) atoms. The highest BCUT2D eigenvalue weighted by molar-refractivity contribution is 5.99. The number of benzene rings is 1. The van der Waals surface area contributed by atoms with Crippen LogP contribution in [0.5, 0.6) is 5.75 Å². The van der Waals surface area contributed by atoms with Gasteiger partial charge in [-0.2, -0.15) is 0 Å². The van der Waals surface area contributed by atoms with Gasteiger partial charge in [-0.25, -0.2) is 13.2 Å². The zero-order valence-corrected chi connectivity index (χ0v) is 15.7. The highest BCUT2D eigenvalue weighted by atomic mass is 19.1. The second-order valence-corrected chi connectivity index (χ2v) is 7.43. The first kappa shape index (κ1) is 20.0. The molecule has 1 aromatic heterocycles. The predicted molar refractivity (Wildman–Crippen MR) is 99.0 cm³/mol. The Balaban J connectivity index is 1.66. The van der Waals surface area contributed by atoms with Gasteiger partial charge in [-0.15, -0.1) is 0 Å². The van der Waals surface area contributed by atoms with Crippen LogP contribution in [0.25, 0.3) is 0 Å². The van der Waals surface area contributed by atoms with Crippen molar-refractivity contribution in [2.75, 3.05) is 13.1 Å².